The standard InChI is InChI=1S/C36H22S/c1-2-12-25-23(10-1)11-9-18-27(25)36-30-16-5-3-14-28(30)35(29-15-4-6-17-31(29)36)24-20-21-34-32(22-24)26-13-7-8-19-33(26)37-34/h1-22H. The highest BCUT2D eigenvalue weighted by molar-refractivity contribution is 7.25. The van der Waals surface area contributed by atoms with Gasteiger partial charge in [0.1, 0.15) is 0 Å². The van der Waals surface area contributed by atoms with Crippen molar-refractivity contribution < 1.29 is 0 Å². The van der Waals surface area contributed by atoms with Crippen molar-refractivity contribution in [2.75, 3.05) is 0 Å². The van der Waals surface area contributed by atoms with E-state index in [1.807, 2.05) is 11.3 Å². The zero-order valence-corrected chi connectivity index (χ0v) is 20.9. The summed E-state index contributed by atoms with van der Waals surface area (Å²) in [4.78, 5) is 0. The Bertz CT molecular complexity index is 2080. The lowest BCUT2D eigenvalue weighted by molar-refractivity contribution is 1.69. The number of thiophene rings is 1. The van der Waals surface area contributed by atoms with E-state index < -0.39 is 0 Å². The van der Waals surface area contributed by atoms with Crippen LogP contribution in [0.4, 0.5) is 0 Å². The van der Waals surface area contributed by atoms with Gasteiger partial charge in [-0.05, 0) is 72.8 Å². The molecule has 8 rings (SSSR count). The highest BCUT2D eigenvalue weighted by Crippen LogP contribution is 2.46. The Kier molecular flexibility index (Phi) is 4.49. The van der Waals surface area contributed by atoms with Gasteiger partial charge in [-0.25, -0.2) is 0 Å². The highest BCUT2D eigenvalue weighted by atomic mass is 32.1. The molecule has 8 aromatic rings. The van der Waals surface area contributed by atoms with Gasteiger partial charge in [-0.1, -0.05) is 115 Å². The topological polar surface area (TPSA) is 0 Å². The van der Waals surface area contributed by atoms with Crippen LogP contribution in [-0.4, -0.2) is 0 Å². The Hall–Kier alpha value is -4.46. The minimum absolute atomic E-state index is 1.27. The van der Waals surface area contributed by atoms with Crippen LogP contribution in [0.15, 0.2) is 133 Å². The molecule has 0 atom stereocenters. The Balaban J connectivity index is 1.52. The largest absolute Gasteiger partial charge is 0.135 e. The average molecular weight is 487 g/mol. The first-order chi connectivity index (χ1) is 18.4. The third kappa shape index (κ3) is 3.08. The number of hydrogen-bond donors (Lipinski definition) is 0. The summed E-state index contributed by atoms with van der Waals surface area (Å²) in [6.07, 6.45) is 0. The number of rotatable bonds is 2. The molecule has 0 fully saturated rings. The zero-order valence-electron chi connectivity index (χ0n) is 20.1. The molecule has 0 unspecified atom stereocenters. The van der Waals surface area contributed by atoms with Crippen LogP contribution < -0.4 is 0 Å². The van der Waals surface area contributed by atoms with Gasteiger partial charge >= 0.3 is 0 Å². The van der Waals surface area contributed by atoms with Crippen LogP contribution in [0.25, 0.3) is 74.7 Å². The number of benzene rings is 7. The van der Waals surface area contributed by atoms with Crippen molar-refractivity contribution in [3.63, 3.8) is 0 Å². The van der Waals surface area contributed by atoms with Gasteiger partial charge in [0, 0.05) is 20.2 Å². The summed E-state index contributed by atoms with van der Waals surface area (Å²) in [7, 11) is 0. The molecule has 7 aromatic carbocycles. The maximum atomic E-state index is 2.40. The molecule has 37 heavy (non-hydrogen) atoms. The Morgan fingerprint density at radius 3 is 1.62 bits per heavy atom. The fourth-order valence-electron chi connectivity index (χ4n) is 6.05. The van der Waals surface area contributed by atoms with Gasteiger partial charge in [-0.3, -0.25) is 0 Å². The van der Waals surface area contributed by atoms with Crippen molar-refractivity contribution in [2.45, 2.75) is 0 Å². The molecular weight excluding hydrogens is 464 g/mol. The molecule has 1 heterocycles. The van der Waals surface area contributed by atoms with Gasteiger partial charge in [-0.2, -0.15) is 0 Å². The third-order valence-corrected chi connectivity index (χ3v) is 8.81. The molecule has 0 saturated carbocycles. The quantitative estimate of drug-likeness (QED) is 0.213. The van der Waals surface area contributed by atoms with E-state index in [0.29, 0.717) is 0 Å². The SMILES string of the molecule is c1ccc2c(-c3c4ccccc4c(-c4ccc5sc6ccccc6c5c4)c4ccccc34)cccc2c1. The van der Waals surface area contributed by atoms with E-state index in [1.54, 1.807) is 0 Å². The maximum absolute atomic E-state index is 2.40. The van der Waals surface area contributed by atoms with Gasteiger partial charge in [0.25, 0.3) is 0 Å². The molecule has 0 amide bonds. The first-order valence-electron chi connectivity index (χ1n) is 12.7. The molecule has 1 heteroatoms. The molecule has 0 saturated heterocycles. The van der Waals surface area contributed by atoms with E-state index >= 15 is 0 Å². The van der Waals surface area contributed by atoms with Crippen molar-refractivity contribution in [3.05, 3.63) is 133 Å². The molecule has 0 aliphatic heterocycles. The molecule has 0 nitrogen and oxygen atoms in total. The Morgan fingerprint density at radius 2 is 0.892 bits per heavy atom. The highest BCUT2D eigenvalue weighted by Gasteiger charge is 2.18. The second-order valence-corrected chi connectivity index (χ2v) is 10.8. The lowest BCUT2D eigenvalue weighted by Crippen LogP contribution is -1.91. The Morgan fingerprint density at radius 1 is 0.351 bits per heavy atom. The predicted molar refractivity (Wildman–Crippen MR) is 163 cm³/mol. The second kappa shape index (κ2) is 8.03. The first-order valence-corrected chi connectivity index (χ1v) is 13.5. The van der Waals surface area contributed by atoms with Gasteiger partial charge in [-0.15, -0.1) is 11.3 Å². The van der Waals surface area contributed by atoms with Gasteiger partial charge in [0.15, 0.2) is 0 Å². The minimum atomic E-state index is 1.27. The van der Waals surface area contributed by atoms with Gasteiger partial charge < -0.3 is 0 Å². The maximum Gasteiger partial charge on any atom is 0.0355 e. The molecule has 0 radical (unpaired) electrons. The fourth-order valence-corrected chi connectivity index (χ4v) is 7.14. The van der Waals surface area contributed by atoms with Crippen molar-refractivity contribution in [1.82, 2.24) is 0 Å². The van der Waals surface area contributed by atoms with Crippen LogP contribution >= 0.6 is 11.3 Å². The van der Waals surface area contributed by atoms with E-state index in [2.05, 4.69) is 133 Å². The zero-order chi connectivity index (χ0) is 24.3. The van der Waals surface area contributed by atoms with Crippen molar-refractivity contribution in [2.24, 2.45) is 0 Å². The predicted octanol–water partition coefficient (Wildman–Crippen LogP) is 10.8. The molecule has 0 spiro atoms. The normalized spacial score (nSPS) is 11.8. The number of fused-ring (bicyclic) bond motifs is 6. The fraction of sp³-hybridized carbons (Fsp3) is 0. The summed E-state index contributed by atoms with van der Waals surface area (Å²) in [6.45, 7) is 0. The summed E-state index contributed by atoms with van der Waals surface area (Å²) in [6, 6.07) is 49.0. The van der Waals surface area contributed by atoms with Crippen LogP contribution in [0.5, 0.6) is 0 Å². The van der Waals surface area contributed by atoms with Crippen molar-refractivity contribution in [3.8, 4) is 22.3 Å². The van der Waals surface area contributed by atoms with Crippen LogP contribution in [0.3, 0.4) is 0 Å². The van der Waals surface area contributed by atoms with Crippen LogP contribution in [0.2, 0.25) is 0 Å². The third-order valence-electron chi connectivity index (χ3n) is 7.66. The second-order valence-electron chi connectivity index (χ2n) is 9.68. The van der Waals surface area contributed by atoms with E-state index in [-0.39, 0.29) is 0 Å². The summed E-state index contributed by atoms with van der Waals surface area (Å²) in [5, 5.41) is 10.4. The van der Waals surface area contributed by atoms with E-state index in [9.17, 15) is 0 Å². The molecule has 172 valence electrons. The smallest absolute Gasteiger partial charge is 0.0355 e. The molecule has 0 aliphatic carbocycles. The lowest BCUT2D eigenvalue weighted by atomic mass is 9.84. The average Bonchev–Trinajstić information content (AvgIpc) is 3.33. The number of hydrogen-bond acceptors (Lipinski definition) is 1. The van der Waals surface area contributed by atoms with Crippen LogP contribution in [0, 0.1) is 0 Å². The van der Waals surface area contributed by atoms with E-state index in [4.69, 9.17) is 0 Å². The van der Waals surface area contributed by atoms with E-state index in [1.165, 1.54) is 74.7 Å². The molecule has 1 aromatic heterocycles. The van der Waals surface area contributed by atoms with Crippen molar-refractivity contribution in [1.29, 1.82) is 0 Å². The minimum Gasteiger partial charge on any atom is -0.135 e. The molecular formula is C36H22S. The molecule has 0 aliphatic rings. The summed E-state index contributed by atoms with van der Waals surface area (Å²) < 4.78 is 2.68. The monoisotopic (exact) mass is 486 g/mol. The lowest BCUT2D eigenvalue weighted by Gasteiger charge is -2.19. The van der Waals surface area contributed by atoms with Gasteiger partial charge in [0.05, 0.1) is 0 Å². The molecule has 0 bridgehead atoms. The summed E-state index contributed by atoms with van der Waals surface area (Å²) >= 11 is 1.87. The van der Waals surface area contributed by atoms with Crippen LogP contribution in [0.1, 0.15) is 0 Å². The first kappa shape index (κ1) is 20.7. The van der Waals surface area contributed by atoms with E-state index in [0.717, 1.165) is 0 Å². The van der Waals surface area contributed by atoms with Gasteiger partial charge in [0.2, 0.25) is 0 Å². The molecule has 0 N–H and O–H groups in total. The van der Waals surface area contributed by atoms with Crippen molar-refractivity contribution >= 4 is 63.8 Å². The van der Waals surface area contributed by atoms with Crippen LogP contribution in [-0.2, 0) is 0 Å². The summed E-state index contributed by atoms with van der Waals surface area (Å²) in [5.74, 6) is 0. The Labute approximate surface area is 219 Å². The summed E-state index contributed by atoms with van der Waals surface area (Å²) in [5.41, 5.74) is 5.19.